The molecule has 0 saturated heterocycles. The number of nitrogens with one attached hydrogen (secondary N) is 1. The summed E-state index contributed by atoms with van der Waals surface area (Å²) in [7, 11) is -3.93. The van der Waals surface area contributed by atoms with Crippen LogP contribution in [0.2, 0.25) is 0 Å². The Hall–Kier alpha value is -1.05. The SMILES string of the molecule is O=C(Nc1ccccc1)SCCCS(=O)(=O)O. The van der Waals surface area contributed by atoms with E-state index in [1.165, 1.54) is 0 Å². The molecule has 0 saturated carbocycles. The number of amides is 1. The van der Waals surface area contributed by atoms with Gasteiger partial charge in [0, 0.05) is 11.4 Å². The van der Waals surface area contributed by atoms with Crippen molar-refractivity contribution in [1.82, 2.24) is 0 Å². The predicted molar refractivity (Wildman–Crippen MR) is 69.0 cm³/mol. The van der Waals surface area contributed by atoms with E-state index in [4.69, 9.17) is 4.55 Å². The molecule has 0 heterocycles. The van der Waals surface area contributed by atoms with Gasteiger partial charge in [-0.15, -0.1) is 0 Å². The van der Waals surface area contributed by atoms with Gasteiger partial charge in [0.15, 0.2) is 0 Å². The van der Waals surface area contributed by atoms with Gasteiger partial charge in [-0.2, -0.15) is 8.42 Å². The monoisotopic (exact) mass is 275 g/mol. The van der Waals surface area contributed by atoms with E-state index < -0.39 is 10.1 Å². The molecule has 1 amide bonds. The molecule has 0 aromatic heterocycles. The molecule has 0 aliphatic carbocycles. The maximum atomic E-state index is 11.4. The van der Waals surface area contributed by atoms with Gasteiger partial charge in [0.2, 0.25) is 0 Å². The average molecular weight is 275 g/mol. The second kappa shape index (κ2) is 6.63. The Morgan fingerprint density at radius 3 is 2.53 bits per heavy atom. The van der Waals surface area contributed by atoms with Crippen LogP contribution in [0, 0.1) is 0 Å². The molecular weight excluding hydrogens is 262 g/mol. The fourth-order valence-electron chi connectivity index (χ4n) is 1.08. The van der Waals surface area contributed by atoms with E-state index in [9.17, 15) is 13.2 Å². The van der Waals surface area contributed by atoms with Crippen LogP contribution in [0.1, 0.15) is 6.42 Å². The molecule has 0 bridgehead atoms. The largest absolute Gasteiger partial charge is 0.317 e. The van der Waals surface area contributed by atoms with Crippen molar-refractivity contribution in [2.75, 3.05) is 16.8 Å². The van der Waals surface area contributed by atoms with E-state index in [0.717, 1.165) is 11.8 Å². The standard InChI is InChI=1S/C10H13NO4S2/c12-10(11-9-5-2-1-3-6-9)16-7-4-8-17(13,14)15/h1-3,5-6H,4,7-8H2,(H,11,12)(H,13,14,15). The molecule has 2 N–H and O–H groups in total. The first-order valence-corrected chi connectivity index (χ1v) is 7.51. The summed E-state index contributed by atoms with van der Waals surface area (Å²) in [6, 6.07) is 8.97. The van der Waals surface area contributed by atoms with E-state index in [1.807, 2.05) is 6.07 Å². The van der Waals surface area contributed by atoms with Crippen molar-refractivity contribution in [2.24, 2.45) is 0 Å². The second-order valence-corrected chi connectivity index (χ2v) is 5.91. The first-order chi connectivity index (χ1) is 7.97. The Balaban J connectivity index is 2.23. The van der Waals surface area contributed by atoms with Crippen LogP contribution in [0.4, 0.5) is 10.5 Å². The van der Waals surface area contributed by atoms with Crippen LogP contribution < -0.4 is 5.32 Å². The Morgan fingerprint density at radius 1 is 1.29 bits per heavy atom. The van der Waals surface area contributed by atoms with Gasteiger partial charge in [-0.1, -0.05) is 30.0 Å². The number of hydrogen-bond acceptors (Lipinski definition) is 4. The van der Waals surface area contributed by atoms with E-state index in [1.54, 1.807) is 24.3 Å². The molecule has 94 valence electrons. The van der Waals surface area contributed by atoms with Crippen molar-refractivity contribution in [3.8, 4) is 0 Å². The normalized spacial score (nSPS) is 11.1. The van der Waals surface area contributed by atoms with E-state index in [0.29, 0.717) is 11.4 Å². The molecule has 7 heteroatoms. The highest BCUT2D eigenvalue weighted by Crippen LogP contribution is 2.11. The van der Waals surface area contributed by atoms with Gasteiger partial charge in [-0.25, -0.2) is 0 Å². The predicted octanol–water partition coefficient (Wildman–Crippen LogP) is 2.23. The van der Waals surface area contributed by atoms with Crippen LogP contribution in [0.15, 0.2) is 30.3 Å². The molecule has 0 aliphatic heterocycles. The lowest BCUT2D eigenvalue weighted by molar-refractivity contribution is 0.269. The molecule has 1 rings (SSSR count). The molecular formula is C10H13NO4S2. The van der Waals surface area contributed by atoms with Crippen LogP contribution >= 0.6 is 11.8 Å². The quantitative estimate of drug-likeness (QED) is 0.636. The van der Waals surface area contributed by atoms with E-state index in [2.05, 4.69) is 5.32 Å². The van der Waals surface area contributed by atoms with Crippen LogP contribution in [-0.4, -0.2) is 29.7 Å². The van der Waals surface area contributed by atoms with Gasteiger partial charge in [0.05, 0.1) is 5.75 Å². The van der Waals surface area contributed by atoms with E-state index in [-0.39, 0.29) is 17.4 Å². The fourth-order valence-corrected chi connectivity index (χ4v) is 2.44. The second-order valence-electron chi connectivity index (χ2n) is 3.27. The molecule has 1 aromatic carbocycles. The molecule has 17 heavy (non-hydrogen) atoms. The third-order valence-corrected chi connectivity index (χ3v) is 3.46. The Labute approximate surface area is 104 Å². The fraction of sp³-hybridized carbons (Fsp3) is 0.300. The summed E-state index contributed by atoms with van der Waals surface area (Å²) in [6.07, 6.45) is 0.242. The molecule has 0 aliphatic rings. The van der Waals surface area contributed by atoms with E-state index >= 15 is 0 Å². The van der Waals surface area contributed by atoms with Crippen molar-refractivity contribution >= 4 is 32.8 Å². The van der Waals surface area contributed by atoms with Crippen molar-refractivity contribution in [1.29, 1.82) is 0 Å². The zero-order valence-corrected chi connectivity index (χ0v) is 10.6. The maximum Gasteiger partial charge on any atom is 0.283 e. The molecule has 1 aromatic rings. The number of anilines is 1. The number of carbonyl (C=O) groups excluding carboxylic acids is 1. The summed E-state index contributed by atoms with van der Waals surface area (Å²) >= 11 is 0.986. The van der Waals surface area contributed by atoms with Crippen LogP contribution in [0.25, 0.3) is 0 Å². The summed E-state index contributed by atoms with van der Waals surface area (Å²) in [6.45, 7) is 0. The number of rotatable bonds is 5. The number of carbonyl (C=O) groups is 1. The first-order valence-electron chi connectivity index (χ1n) is 4.91. The molecule has 0 unspecified atom stereocenters. The van der Waals surface area contributed by atoms with Gasteiger partial charge < -0.3 is 5.32 Å². The van der Waals surface area contributed by atoms with Gasteiger partial charge in [0.1, 0.15) is 0 Å². The smallest absolute Gasteiger partial charge is 0.283 e. The van der Waals surface area contributed by atoms with Crippen LogP contribution in [0.5, 0.6) is 0 Å². The molecule has 0 radical (unpaired) electrons. The highest BCUT2D eigenvalue weighted by Gasteiger charge is 2.06. The third kappa shape index (κ3) is 6.98. The van der Waals surface area contributed by atoms with Crippen LogP contribution in [0.3, 0.4) is 0 Å². The van der Waals surface area contributed by atoms with Gasteiger partial charge in [-0.05, 0) is 18.6 Å². The lowest BCUT2D eigenvalue weighted by atomic mass is 10.3. The topological polar surface area (TPSA) is 83.5 Å². The first kappa shape index (κ1) is 14.0. The lowest BCUT2D eigenvalue weighted by Gasteiger charge is -2.03. The number of hydrogen-bond donors (Lipinski definition) is 2. The van der Waals surface area contributed by atoms with Gasteiger partial charge in [0.25, 0.3) is 15.4 Å². The zero-order chi connectivity index (χ0) is 12.7. The number of para-hydroxylation sites is 1. The number of benzene rings is 1. The summed E-state index contributed by atoms with van der Waals surface area (Å²) in [5.74, 6) is 0.0249. The summed E-state index contributed by atoms with van der Waals surface area (Å²) in [5.41, 5.74) is 0.694. The van der Waals surface area contributed by atoms with Gasteiger partial charge >= 0.3 is 0 Å². The lowest BCUT2D eigenvalue weighted by Crippen LogP contribution is -2.08. The molecule has 0 spiro atoms. The minimum absolute atomic E-state index is 0.242. The Kier molecular flexibility index (Phi) is 5.46. The Bertz CT molecular complexity index is 458. The van der Waals surface area contributed by atoms with Crippen molar-refractivity contribution in [2.45, 2.75) is 6.42 Å². The molecule has 0 fully saturated rings. The minimum Gasteiger partial charge on any atom is -0.317 e. The van der Waals surface area contributed by atoms with Crippen LogP contribution in [-0.2, 0) is 10.1 Å². The summed E-state index contributed by atoms with van der Waals surface area (Å²) < 4.78 is 29.3. The highest BCUT2D eigenvalue weighted by atomic mass is 32.2. The zero-order valence-electron chi connectivity index (χ0n) is 9.00. The summed E-state index contributed by atoms with van der Waals surface area (Å²) in [5, 5.41) is 2.41. The van der Waals surface area contributed by atoms with Crippen molar-refractivity contribution in [3.05, 3.63) is 30.3 Å². The minimum atomic E-state index is -3.93. The third-order valence-electron chi connectivity index (χ3n) is 1.80. The Morgan fingerprint density at radius 2 is 1.94 bits per heavy atom. The van der Waals surface area contributed by atoms with Crippen molar-refractivity contribution < 1.29 is 17.8 Å². The average Bonchev–Trinajstić information content (AvgIpc) is 2.25. The molecule has 5 nitrogen and oxygen atoms in total. The van der Waals surface area contributed by atoms with Crippen molar-refractivity contribution in [3.63, 3.8) is 0 Å². The van der Waals surface area contributed by atoms with Gasteiger partial charge in [-0.3, -0.25) is 9.35 Å². The number of thioether (sulfide) groups is 1. The maximum absolute atomic E-state index is 11.4. The molecule has 0 atom stereocenters. The highest BCUT2D eigenvalue weighted by molar-refractivity contribution is 8.13. The summed E-state index contributed by atoms with van der Waals surface area (Å²) in [4.78, 5) is 11.4.